The van der Waals surface area contributed by atoms with Crippen molar-refractivity contribution in [2.24, 2.45) is 15.7 Å². The zero-order chi connectivity index (χ0) is 43.4. The van der Waals surface area contributed by atoms with Crippen LogP contribution in [0.4, 0.5) is 0 Å². The largest absolute Gasteiger partial charge is 0.383 e. The van der Waals surface area contributed by atoms with Crippen molar-refractivity contribution in [3.8, 4) is 27.9 Å². The van der Waals surface area contributed by atoms with Crippen molar-refractivity contribution < 1.29 is 16.4 Å². The van der Waals surface area contributed by atoms with Crippen molar-refractivity contribution >= 4 is 33.5 Å². The van der Waals surface area contributed by atoms with Gasteiger partial charge in [-0.3, -0.25) is 4.99 Å². The maximum Gasteiger partial charge on any atom is 0.157 e. The molecule has 0 spiro atoms. The van der Waals surface area contributed by atoms with E-state index in [0.29, 0.717) is 11.1 Å². The highest BCUT2D eigenvalue weighted by Crippen LogP contribution is 2.36. The number of nitrogens with zero attached hydrogens (tertiary/aromatic N) is 3. The van der Waals surface area contributed by atoms with Gasteiger partial charge >= 0.3 is 0 Å². The van der Waals surface area contributed by atoms with Crippen LogP contribution in [0.3, 0.4) is 0 Å². The van der Waals surface area contributed by atoms with Gasteiger partial charge in [0.05, 0.1) is 34.0 Å². The van der Waals surface area contributed by atoms with E-state index in [1.54, 1.807) is 24.3 Å². The van der Waals surface area contributed by atoms with Crippen LogP contribution in [0.15, 0.2) is 192 Å². The second-order valence-electron chi connectivity index (χ2n) is 11.1. The van der Waals surface area contributed by atoms with Crippen LogP contribution in [0, 0.1) is 0 Å². The van der Waals surface area contributed by atoms with Gasteiger partial charge < -0.3 is 10.3 Å². The van der Waals surface area contributed by atoms with Crippen LogP contribution < -0.4 is 5.73 Å². The molecule has 0 amide bonds. The standard InChI is InChI=1S/C45H34N4/c46-44(35-26-24-34(25-27-35)33-16-6-2-7-17-33)48-45(47-31-32-14-4-1-5-15-32)41-22-11-10-20-38(41)36-28-29-40-39-21-12-13-23-42(39)49(43(40)30-36)37-18-8-3-9-19-37/h1-30H,31H2,(H2,46,47,48)/i3D,8D,9D,12D,13D,18D,19D,21D,23D,28D,29D,30D. The van der Waals surface area contributed by atoms with Crippen LogP contribution in [-0.4, -0.2) is 16.2 Å². The molecule has 1 aromatic heterocycles. The summed E-state index contributed by atoms with van der Waals surface area (Å²) in [5.74, 6) is 0.264. The summed E-state index contributed by atoms with van der Waals surface area (Å²) in [4.78, 5) is 9.72. The first-order valence-corrected chi connectivity index (χ1v) is 15.5. The number of benzene rings is 7. The maximum atomic E-state index is 9.82. The summed E-state index contributed by atoms with van der Waals surface area (Å²) in [7, 11) is 0. The van der Waals surface area contributed by atoms with Gasteiger partial charge in [0.15, 0.2) is 5.84 Å². The Labute approximate surface area is 303 Å². The number of nitrogens with two attached hydrogens (primary N) is 1. The average Bonchev–Trinajstić information content (AvgIpc) is 3.64. The van der Waals surface area contributed by atoms with Crippen molar-refractivity contribution in [1.29, 1.82) is 0 Å². The lowest BCUT2D eigenvalue weighted by molar-refractivity contribution is 1.06. The molecule has 0 radical (unpaired) electrons. The molecule has 8 aromatic rings. The van der Waals surface area contributed by atoms with E-state index in [1.807, 2.05) is 84.9 Å². The van der Waals surface area contributed by atoms with Gasteiger partial charge in [-0.15, -0.1) is 0 Å². The number of hydrogen-bond donors (Lipinski definition) is 1. The summed E-state index contributed by atoms with van der Waals surface area (Å²) in [5.41, 5.74) is 9.55. The average molecular weight is 643 g/mol. The van der Waals surface area contributed by atoms with Gasteiger partial charge in [0.1, 0.15) is 5.84 Å². The minimum Gasteiger partial charge on any atom is -0.383 e. The summed E-state index contributed by atoms with van der Waals surface area (Å²) in [6, 6.07) is 26.1. The van der Waals surface area contributed by atoms with Crippen molar-refractivity contribution in [2.75, 3.05) is 0 Å². The lowest BCUT2D eigenvalue weighted by Crippen LogP contribution is -2.17. The number of rotatable bonds is 7. The number of hydrogen-bond acceptors (Lipinski definition) is 1. The number of aliphatic imine (C=N–C) groups is 2. The Bertz CT molecular complexity index is 3100. The Kier molecular flexibility index (Phi) is 5.25. The van der Waals surface area contributed by atoms with E-state index in [9.17, 15) is 4.11 Å². The summed E-state index contributed by atoms with van der Waals surface area (Å²) in [6.07, 6.45) is 0. The van der Waals surface area contributed by atoms with Gasteiger partial charge in [-0.2, -0.15) is 0 Å². The fourth-order valence-electron chi connectivity index (χ4n) is 5.69. The van der Waals surface area contributed by atoms with E-state index in [0.717, 1.165) is 21.3 Å². The number of para-hydroxylation sites is 2. The molecular weight excluding hydrogens is 597 g/mol. The zero-order valence-electron chi connectivity index (χ0n) is 38.0. The highest BCUT2D eigenvalue weighted by atomic mass is 15.0. The normalized spacial score (nSPS) is 15.5. The molecule has 0 aliphatic heterocycles. The first-order chi connectivity index (χ1) is 29.2. The third-order valence-corrected chi connectivity index (χ3v) is 8.07. The van der Waals surface area contributed by atoms with Crippen LogP contribution in [0.25, 0.3) is 49.7 Å². The topological polar surface area (TPSA) is 55.7 Å². The lowest BCUT2D eigenvalue weighted by Gasteiger charge is -2.13. The summed E-state index contributed by atoms with van der Waals surface area (Å²) in [5, 5.41) is -0.454. The van der Waals surface area contributed by atoms with Crippen LogP contribution in [0.2, 0.25) is 0 Å². The molecule has 4 heteroatoms. The Balaban J connectivity index is 1.42. The number of aromatic nitrogens is 1. The summed E-state index contributed by atoms with van der Waals surface area (Å²) < 4.78 is 108. The van der Waals surface area contributed by atoms with E-state index in [1.165, 1.54) is 0 Å². The maximum absolute atomic E-state index is 9.82. The molecule has 0 bridgehead atoms. The highest BCUT2D eigenvalue weighted by Gasteiger charge is 2.16. The molecule has 4 nitrogen and oxygen atoms in total. The van der Waals surface area contributed by atoms with Crippen molar-refractivity contribution in [3.63, 3.8) is 0 Å². The highest BCUT2D eigenvalue weighted by molar-refractivity contribution is 6.14. The lowest BCUT2D eigenvalue weighted by atomic mass is 9.97. The molecule has 0 saturated heterocycles. The molecule has 0 unspecified atom stereocenters. The smallest absolute Gasteiger partial charge is 0.157 e. The Hall–Kier alpha value is -6.52. The van der Waals surface area contributed by atoms with E-state index >= 15 is 0 Å². The predicted octanol–water partition coefficient (Wildman–Crippen LogP) is 10.5. The Morgan fingerprint density at radius 1 is 0.592 bits per heavy atom. The van der Waals surface area contributed by atoms with Crippen LogP contribution in [0.5, 0.6) is 0 Å². The van der Waals surface area contributed by atoms with E-state index < -0.39 is 78.2 Å². The fraction of sp³-hybridized carbons (Fsp3) is 0.0222. The quantitative estimate of drug-likeness (QED) is 0.136. The first-order valence-electron chi connectivity index (χ1n) is 21.5. The number of amidine groups is 2. The van der Waals surface area contributed by atoms with Gasteiger partial charge in [0.2, 0.25) is 0 Å². The van der Waals surface area contributed by atoms with E-state index in [4.69, 9.17) is 28.1 Å². The molecule has 0 fully saturated rings. The zero-order valence-corrected chi connectivity index (χ0v) is 26.0. The molecule has 7 aromatic carbocycles. The minimum atomic E-state index is -0.712. The van der Waals surface area contributed by atoms with E-state index in [-0.39, 0.29) is 51.1 Å². The van der Waals surface area contributed by atoms with Crippen LogP contribution in [0.1, 0.15) is 33.1 Å². The molecule has 8 rings (SSSR count). The molecule has 2 N–H and O–H groups in total. The third-order valence-electron chi connectivity index (χ3n) is 8.07. The Morgan fingerprint density at radius 2 is 1.24 bits per heavy atom. The monoisotopic (exact) mass is 642 g/mol. The molecule has 0 aliphatic carbocycles. The first kappa shape index (κ1) is 19.3. The van der Waals surface area contributed by atoms with Crippen molar-refractivity contribution in [3.05, 3.63) is 198 Å². The van der Waals surface area contributed by atoms with Gasteiger partial charge in [-0.25, -0.2) is 4.99 Å². The number of fused-ring (bicyclic) bond motifs is 3. The summed E-state index contributed by atoms with van der Waals surface area (Å²) in [6.45, 7) is 0.172. The molecule has 0 atom stereocenters. The van der Waals surface area contributed by atoms with Crippen molar-refractivity contribution in [2.45, 2.75) is 6.54 Å². The second kappa shape index (κ2) is 13.3. The minimum absolute atomic E-state index is 0.117. The van der Waals surface area contributed by atoms with Crippen LogP contribution in [-0.2, 0) is 6.54 Å². The molecule has 234 valence electrons. The van der Waals surface area contributed by atoms with Gasteiger partial charge in [-0.1, -0.05) is 158 Å². The van der Waals surface area contributed by atoms with Crippen molar-refractivity contribution in [1.82, 2.24) is 4.57 Å². The van der Waals surface area contributed by atoms with E-state index in [2.05, 4.69) is 0 Å². The second-order valence-corrected chi connectivity index (χ2v) is 11.1. The SMILES string of the molecule is [2H]c1c([2H])c([2H])c(-n2c3c([2H])c([2H])c([2H])c([2H])c3c3c([2H])c([2H])c(-c4ccccc4C(N=C(N)c4ccc(-c5ccccc5)cc4)=NCc4ccccc4)c([2H])c32)c([2H])c1[2H]. The van der Waals surface area contributed by atoms with Gasteiger partial charge in [-0.05, 0) is 52.0 Å². The third kappa shape index (κ3) is 6.04. The van der Waals surface area contributed by atoms with Gasteiger partial charge in [0, 0.05) is 27.6 Å². The predicted molar refractivity (Wildman–Crippen MR) is 206 cm³/mol. The Morgan fingerprint density at radius 3 is 2.04 bits per heavy atom. The van der Waals surface area contributed by atoms with Gasteiger partial charge in [0.25, 0.3) is 0 Å². The molecule has 49 heavy (non-hydrogen) atoms. The summed E-state index contributed by atoms with van der Waals surface area (Å²) >= 11 is 0. The molecule has 0 aliphatic rings. The fourth-order valence-corrected chi connectivity index (χ4v) is 5.69. The molecule has 1 heterocycles. The molecule has 0 saturated carbocycles. The van der Waals surface area contributed by atoms with Crippen LogP contribution >= 0.6 is 0 Å². The molecular formula is C45H34N4.